The molecule has 2 nitrogen and oxygen atoms in total. The molecule has 0 aliphatic rings. The topological polar surface area (TPSA) is 16.4 Å². The van der Waals surface area contributed by atoms with Gasteiger partial charge in [-0.15, -0.1) is 0 Å². The average molecular weight is 588 g/mol. The van der Waals surface area contributed by atoms with Crippen molar-refractivity contribution in [1.29, 1.82) is 0 Å². The molecule has 0 aliphatic heterocycles. The smallest absolute Gasteiger partial charge is 0.143 e. The van der Waals surface area contributed by atoms with Crippen molar-refractivity contribution in [3.63, 3.8) is 0 Å². The van der Waals surface area contributed by atoms with E-state index in [1.54, 1.807) is 0 Å². The molecule has 0 radical (unpaired) electrons. The molecule has 0 spiro atoms. The quantitative estimate of drug-likeness (QED) is 0.199. The van der Waals surface area contributed by atoms with Crippen molar-refractivity contribution in [2.75, 3.05) is 4.90 Å². The van der Waals surface area contributed by atoms with Crippen molar-refractivity contribution in [2.24, 2.45) is 0 Å². The van der Waals surface area contributed by atoms with Crippen molar-refractivity contribution in [2.45, 2.75) is 0 Å². The molecule has 0 N–H and O–H groups in total. The van der Waals surface area contributed by atoms with Crippen LogP contribution in [0.3, 0.4) is 0 Å². The van der Waals surface area contributed by atoms with Gasteiger partial charge in [0.15, 0.2) is 0 Å². The molecule has 9 rings (SSSR count). The molecule has 0 saturated carbocycles. The van der Waals surface area contributed by atoms with Gasteiger partial charge < -0.3 is 9.32 Å². The fourth-order valence-electron chi connectivity index (χ4n) is 6.86. The van der Waals surface area contributed by atoms with Gasteiger partial charge in [-0.1, -0.05) is 133 Å². The number of para-hydroxylation sites is 3. The first kappa shape index (κ1) is 26.3. The Balaban J connectivity index is 1.21. The van der Waals surface area contributed by atoms with Gasteiger partial charge in [0.05, 0.1) is 5.69 Å². The minimum atomic E-state index is 0.902. The van der Waals surface area contributed by atoms with Gasteiger partial charge in [0.1, 0.15) is 11.2 Å². The van der Waals surface area contributed by atoms with Crippen molar-refractivity contribution >= 4 is 60.5 Å². The Labute approximate surface area is 267 Å². The normalized spacial score (nSPS) is 11.5. The third-order valence-corrected chi connectivity index (χ3v) is 9.04. The summed E-state index contributed by atoms with van der Waals surface area (Å²) in [5.41, 5.74) is 9.69. The van der Waals surface area contributed by atoms with Gasteiger partial charge in [0.2, 0.25) is 0 Å². The van der Waals surface area contributed by atoms with Crippen LogP contribution in [-0.2, 0) is 0 Å². The van der Waals surface area contributed by atoms with Crippen LogP contribution in [0.2, 0.25) is 0 Å². The average Bonchev–Trinajstić information content (AvgIpc) is 3.49. The highest BCUT2D eigenvalue weighted by Crippen LogP contribution is 2.45. The van der Waals surface area contributed by atoms with Gasteiger partial charge in [0.25, 0.3) is 0 Å². The van der Waals surface area contributed by atoms with Gasteiger partial charge in [-0.25, -0.2) is 0 Å². The van der Waals surface area contributed by atoms with Gasteiger partial charge in [0, 0.05) is 33.3 Å². The first-order valence-corrected chi connectivity index (χ1v) is 15.7. The maximum absolute atomic E-state index is 6.67. The van der Waals surface area contributed by atoms with Crippen LogP contribution in [0.5, 0.6) is 0 Å². The summed E-state index contributed by atoms with van der Waals surface area (Å²) >= 11 is 0. The molecule has 1 aromatic heterocycles. The molecular formula is C44H29NO. The molecule has 0 fully saturated rings. The molecule has 216 valence electrons. The van der Waals surface area contributed by atoms with Crippen LogP contribution >= 0.6 is 0 Å². The van der Waals surface area contributed by atoms with E-state index in [2.05, 4.69) is 181 Å². The van der Waals surface area contributed by atoms with E-state index in [-0.39, 0.29) is 0 Å². The fraction of sp³-hybridized carbons (Fsp3) is 0. The largest absolute Gasteiger partial charge is 0.455 e. The van der Waals surface area contributed by atoms with Crippen LogP contribution in [-0.4, -0.2) is 0 Å². The number of anilines is 3. The summed E-state index contributed by atoms with van der Waals surface area (Å²) in [7, 11) is 0. The first-order chi connectivity index (χ1) is 22.8. The molecule has 0 aliphatic carbocycles. The van der Waals surface area contributed by atoms with E-state index in [0.29, 0.717) is 0 Å². The number of nitrogens with zero attached hydrogens (tertiary/aromatic N) is 1. The highest BCUT2D eigenvalue weighted by Gasteiger charge is 2.20. The van der Waals surface area contributed by atoms with Gasteiger partial charge in [-0.05, 0) is 75.1 Å². The molecule has 2 heteroatoms. The Morgan fingerprint density at radius 1 is 0.370 bits per heavy atom. The zero-order valence-corrected chi connectivity index (χ0v) is 25.1. The lowest BCUT2D eigenvalue weighted by molar-refractivity contribution is 0.670. The molecule has 9 aromatic rings. The van der Waals surface area contributed by atoms with Crippen LogP contribution in [0, 0.1) is 0 Å². The van der Waals surface area contributed by atoms with Gasteiger partial charge >= 0.3 is 0 Å². The first-order valence-electron chi connectivity index (χ1n) is 15.7. The van der Waals surface area contributed by atoms with E-state index in [4.69, 9.17) is 4.42 Å². The minimum absolute atomic E-state index is 0.902. The number of furan rings is 1. The van der Waals surface area contributed by atoms with E-state index in [1.807, 2.05) is 0 Å². The molecule has 1 heterocycles. The minimum Gasteiger partial charge on any atom is -0.455 e. The zero-order chi connectivity index (χ0) is 30.5. The van der Waals surface area contributed by atoms with E-state index >= 15 is 0 Å². The molecule has 0 saturated heterocycles. The van der Waals surface area contributed by atoms with Crippen molar-refractivity contribution in [3.05, 3.63) is 176 Å². The third-order valence-electron chi connectivity index (χ3n) is 9.04. The van der Waals surface area contributed by atoms with E-state index in [1.165, 1.54) is 32.7 Å². The second-order valence-corrected chi connectivity index (χ2v) is 11.7. The van der Waals surface area contributed by atoms with Crippen molar-refractivity contribution in [1.82, 2.24) is 0 Å². The Hall–Kier alpha value is -6.12. The summed E-state index contributed by atoms with van der Waals surface area (Å²) in [6.07, 6.45) is 0. The molecule has 0 amide bonds. The Bertz CT molecular complexity index is 2520. The summed E-state index contributed by atoms with van der Waals surface area (Å²) in [6.45, 7) is 0. The monoisotopic (exact) mass is 587 g/mol. The van der Waals surface area contributed by atoms with Gasteiger partial charge in [-0.3, -0.25) is 0 Å². The summed E-state index contributed by atoms with van der Waals surface area (Å²) in [5.74, 6) is 0. The van der Waals surface area contributed by atoms with E-state index < -0.39 is 0 Å². The van der Waals surface area contributed by atoms with E-state index in [9.17, 15) is 0 Å². The van der Waals surface area contributed by atoms with Crippen LogP contribution in [0.25, 0.3) is 65.7 Å². The lowest BCUT2D eigenvalue weighted by Gasteiger charge is -2.28. The Kier molecular flexibility index (Phi) is 6.17. The van der Waals surface area contributed by atoms with Crippen molar-refractivity contribution < 1.29 is 4.42 Å². The van der Waals surface area contributed by atoms with Gasteiger partial charge in [-0.2, -0.15) is 0 Å². The maximum atomic E-state index is 6.67. The molecular weight excluding hydrogens is 558 g/mol. The van der Waals surface area contributed by atoms with Crippen LogP contribution in [0.15, 0.2) is 180 Å². The fourth-order valence-corrected chi connectivity index (χ4v) is 6.86. The predicted octanol–water partition coefficient (Wildman–Crippen LogP) is 12.7. The Morgan fingerprint density at radius 3 is 1.80 bits per heavy atom. The number of rotatable bonds is 5. The molecule has 8 aromatic carbocycles. The summed E-state index contributed by atoms with van der Waals surface area (Å²) < 4.78 is 6.67. The number of hydrogen-bond donors (Lipinski definition) is 0. The lowest BCUT2D eigenvalue weighted by atomic mass is 9.97. The number of fused-ring (bicyclic) bond motifs is 5. The standard InChI is InChI=1S/C44H29NO/c1-2-16-34(17-3-1)45(35-26-24-31(25-27-35)37-20-10-15-30-12-6-7-18-36(30)37)42-23-9-8-19-38(42)39-21-11-22-40-41-28-32-13-4-5-14-33(32)29-43(41)46-44(39)40/h1-29H. The molecule has 0 bridgehead atoms. The summed E-state index contributed by atoms with van der Waals surface area (Å²) in [4.78, 5) is 2.35. The number of hydrogen-bond acceptors (Lipinski definition) is 2. The van der Waals surface area contributed by atoms with Crippen LogP contribution in [0.4, 0.5) is 17.1 Å². The van der Waals surface area contributed by atoms with Crippen LogP contribution in [0.1, 0.15) is 0 Å². The highest BCUT2D eigenvalue weighted by molar-refractivity contribution is 6.14. The summed E-state index contributed by atoms with van der Waals surface area (Å²) in [6, 6.07) is 62.6. The third kappa shape index (κ3) is 4.35. The second-order valence-electron chi connectivity index (χ2n) is 11.7. The highest BCUT2D eigenvalue weighted by atomic mass is 16.3. The Morgan fingerprint density at radius 2 is 0.957 bits per heavy atom. The molecule has 0 atom stereocenters. The zero-order valence-electron chi connectivity index (χ0n) is 25.1. The lowest BCUT2D eigenvalue weighted by Crippen LogP contribution is -2.11. The maximum Gasteiger partial charge on any atom is 0.143 e. The molecule has 0 unspecified atom stereocenters. The SMILES string of the molecule is c1ccc(N(c2ccc(-c3cccc4ccccc34)cc2)c2ccccc2-c2cccc3c2oc2cc4ccccc4cc23)cc1. The number of benzene rings is 8. The predicted molar refractivity (Wildman–Crippen MR) is 194 cm³/mol. The van der Waals surface area contributed by atoms with Crippen LogP contribution < -0.4 is 4.90 Å². The van der Waals surface area contributed by atoms with E-state index in [0.717, 1.165) is 50.1 Å². The summed E-state index contributed by atoms with van der Waals surface area (Å²) in [5, 5.41) is 7.16. The molecule has 46 heavy (non-hydrogen) atoms. The van der Waals surface area contributed by atoms with Crippen molar-refractivity contribution in [3.8, 4) is 22.3 Å². The second kappa shape index (κ2) is 10.8.